The number of phenols is 1. The third kappa shape index (κ3) is 3.33. The summed E-state index contributed by atoms with van der Waals surface area (Å²) in [4.78, 5) is 43.5. The van der Waals surface area contributed by atoms with E-state index in [1.807, 2.05) is 0 Å². The number of hydrogen-bond acceptors (Lipinski definition) is 10. The summed E-state index contributed by atoms with van der Waals surface area (Å²) in [5, 5.41) is 45.5. The van der Waals surface area contributed by atoms with E-state index in [4.69, 9.17) is 4.74 Å². The normalized spacial score (nSPS) is 28.9. The molecule has 4 atom stereocenters. The summed E-state index contributed by atoms with van der Waals surface area (Å²) in [5.74, 6) is -5.09. The highest BCUT2D eigenvalue weighted by molar-refractivity contribution is 6.25. The van der Waals surface area contributed by atoms with Crippen molar-refractivity contribution in [1.82, 2.24) is 9.80 Å². The first-order valence-corrected chi connectivity index (χ1v) is 12.9. The quantitative estimate of drug-likeness (QED) is 0.420. The van der Waals surface area contributed by atoms with E-state index in [0.29, 0.717) is 30.0 Å². The lowest BCUT2D eigenvalue weighted by Crippen LogP contribution is -2.63. The van der Waals surface area contributed by atoms with Crippen LogP contribution in [0.25, 0.3) is 0 Å². The monoisotopic (exact) mass is 526 g/mol. The summed E-state index contributed by atoms with van der Waals surface area (Å²) >= 11 is 0. The van der Waals surface area contributed by atoms with Crippen molar-refractivity contribution in [2.24, 2.45) is 11.8 Å². The molecule has 0 amide bonds. The van der Waals surface area contributed by atoms with Gasteiger partial charge in [0, 0.05) is 41.3 Å². The number of benzene rings is 1. The number of carbonyl (C=O) groups is 3. The molecule has 38 heavy (non-hydrogen) atoms. The summed E-state index contributed by atoms with van der Waals surface area (Å²) in [6.07, 6.45) is 1.22. The van der Waals surface area contributed by atoms with Crippen LogP contribution in [-0.4, -0.2) is 87.0 Å². The van der Waals surface area contributed by atoms with Crippen molar-refractivity contribution in [1.29, 1.82) is 0 Å². The van der Waals surface area contributed by atoms with Crippen molar-refractivity contribution in [3.05, 3.63) is 44.9 Å². The van der Waals surface area contributed by atoms with Crippen LogP contribution >= 0.6 is 0 Å². The van der Waals surface area contributed by atoms with Gasteiger partial charge in [0.1, 0.15) is 28.6 Å². The van der Waals surface area contributed by atoms with Gasteiger partial charge in [-0.25, -0.2) is 0 Å². The molecule has 1 aliphatic heterocycles. The van der Waals surface area contributed by atoms with E-state index < -0.39 is 57.9 Å². The molecule has 3 aliphatic carbocycles. The number of allylic oxidation sites excluding steroid dienone is 1. The molecule has 4 aliphatic rings. The van der Waals surface area contributed by atoms with Gasteiger partial charge in [-0.1, -0.05) is 6.92 Å². The molecule has 0 saturated heterocycles. The fourth-order valence-corrected chi connectivity index (χ4v) is 7.12. The number of ether oxygens (including phenoxy) is 1. The maximum Gasteiger partial charge on any atom is 0.209 e. The Morgan fingerprint density at radius 1 is 1.13 bits per heavy atom. The first-order chi connectivity index (χ1) is 17.9. The molecule has 1 heterocycles. The van der Waals surface area contributed by atoms with Gasteiger partial charge in [0.2, 0.25) is 5.78 Å². The van der Waals surface area contributed by atoms with E-state index in [2.05, 4.69) is 11.8 Å². The molecular formula is C28H34N2O8. The summed E-state index contributed by atoms with van der Waals surface area (Å²) in [6.45, 7) is 4.99. The Morgan fingerprint density at radius 3 is 2.37 bits per heavy atom. The molecule has 0 spiro atoms. The number of aliphatic hydroxyl groups is 3. The third-order valence-electron chi connectivity index (χ3n) is 8.67. The molecule has 10 heteroatoms. The number of fused-ring (bicyclic) bond motifs is 4. The summed E-state index contributed by atoms with van der Waals surface area (Å²) in [5.41, 5.74) is -1.33. The van der Waals surface area contributed by atoms with Crippen LogP contribution in [0.15, 0.2) is 22.7 Å². The molecule has 0 fully saturated rings. The van der Waals surface area contributed by atoms with Crippen LogP contribution in [0.4, 0.5) is 0 Å². The zero-order valence-electron chi connectivity index (χ0n) is 22.3. The molecule has 1 aromatic rings. The Kier molecular flexibility index (Phi) is 6.20. The smallest absolute Gasteiger partial charge is 0.209 e. The fraction of sp³-hybridized carbons (Fsp3) is 0.536. The fourth-order valence-electron chi connectivity index (χ4n) is 7.12. The maximum absolute atomic E-state index is 14.0. The number of aliphatic hydroxyl groups excluding tert-OH is 2. The van der Waals surface area contributed by atoms with Gasteiger partial charge in [-0.2, -0.15) is 0 Å². The van der Waals surface area contributed by atoms with E-state index in [9.17, 15) is 34.8 Å². The summed E-state index contributed by atoms with van der Waals surface area (Å²) < 4.78 is 5.79. The number of hydrogen-bond donors (Lipinski definition) is 4. The second-order valence-electron chi connectivity index (χ2n) is 11.1. The Hall–Kier alpha value is -3.21. The number of likely N-dealkylation sites (N-methyl/N-ethyl adjacent to an activating group) is 1. The van der Waals surface area contributed by atoms with Crippen LogP contribution in [0, 0.1) is 11.8 Å². The second-order valence-corrected chi connectivity index (χ2v) is 11.1. The van der Waals surface area contributed by atoms with Gasteiger partial charge in [0.05, 0.1) is 18.7 Å². The van der Waals surface area contributed by atoms with Gasteiger partial charge in [0.25, 0.3) is 0 Å². The minimum atomic E-state index is -2.57. The summed E-state index contributed by atoms with van der Waals surface area (Å²) in [7, 11) is 4.80. The molecule has 1 aromatic carbocycles. The number of Topliss-reactive ketones (excluding diaryl/α,β-unsaturated/α-hetero) is 3. The van der Waals surface area contributed by atoms with Crippen LogP contribution in [-0.2, 0) is 29.1 Å². The van der Waals surface area contributed by atoms with Crippen molar-refractivity contribution in [2.45, 2.75) is 57.8 Å². The van der Waals surface area contributed by atoms with Gasteiger partial charge in [-0.05, 0) is 52.7 Å². The largest absolute Gasteiger partial charge is 0.510 e. The Balaban J connectivity index is 1.71. The molecule has 0 bridgehead atoms. The highest BCUT2D eigenvalue weighted by atomic mass is 16.5. The van der Waals surface area contributed by atoms with Gasteiger partial charge < -0.3 is 25.2 Å². The van der Waals surface area contributed by atoms with Crippen LogP contribution < -0.4 is 4.74 Å². The van der Waals surface area contributed by atoms with Crippen molar-refractivity contribution >= 4 is 17.3 Å². The predicted molar refractivity (Wildman–Crippen MR) is 136 cm³/mol. The lowest BCUT2D eigenvalue weighted by molar-refractivity contribution is -0.148. The molecule has 5 rings (SSSR count). The van der Waals surface area contributed by atoms with Crippen LogP contribution in [0.2, 0.25) is 0 Å². The number of nitrogens with zero attached hydrogens (tertiary/aromatic N) is 2. The maximum atomic E-state index is 14.0. The zero-order chi connectivity index (χ0) is 27.8. The van der Waals surface area contributed by atoms with Gasteiger partial charge >= 0.3 is 0 Å². The molecule has 0 saturated carbocycles. The first kappa shape index (κ1) is 26.4. The minimum Gasteiger partial charge on any atom is -0.510 e. The van der Waals surface area contributed by atoms with E-state index in [0.717, 1.165) is 25.5 Å². The summed E-state index contributed by atoms with van der Waals surface area (Å²) in [6, 6.07) is -0.949. The molecule has 204 valence electrons. The highest BCUT2D eigenvalue weighted by Crippen LogP contribution is 2.54. The topological polar surface area (TPSA) is 148 Å². The van der Waals surface area contributed by atoms with Gasteiger partial charge in [0.15, 0.2) is 17.2 Å². The Bertz CT molecular complexity index is 1340. The van der Waals surface area contributed by atoms with Gasteiger partial charge in [-0.15, -0.1) is 0 Å². The van der Waals surface area contributed by atoms with Crippen molar-refractivity contribution in [3.63, 3.8) is 0 Å². The number of methoxy groups -OCH3 is 1. The molecule has 10 nitrogen and oxygen atoms in total. The number of carbonyl (C=O) groups excluding carboxylic acids is 3. The average Bonchev–Trinajstić information content (AvgIpc) is 3.25. The second kappa shape index (κ2) is 8.93. The average molecular weight is 527 g/mol. The molecule has 0 aromatic heterocycles. The highest BCUT2D eigenvalue weighted by Gasteiger charge is 2.63. The van der Waals surface area contributed by atoms with Crippen LogP contribution in [0.5, 0.6) is 11.5 Å². The Labute approximate surface area is 220 Å². The lowest BCUT2D eigenvalue weighted by Gasteiger charge is -2.50. The first-order valence-electron chi connectivity index (χ1n) is 12.9. The Morgan fingerprint density at radius 2 is 1.79 bits per heavy atom. The van der Waals surface area contributed by atoms with Crippen molar-refractivity contribution in [3.8, 4) is 11.5 Å². The standard InChI is InChI=1S/C28H34N2O8/c1-6-7-30-10-15-16(11-30)25(38-5)14-8-13-9-17-21(29(3)4)24(34)18(12(2)31)26(35)28(17,37)27(36)19(13)23(33)20(14)22(15)32/h13,17,21,32,34,36-37H,6-11H2,1-5H3/t13-,17-,21-,28+/m0/s1. The molecule has 0 unspecified atom stereocenters. The third-order valence-corrected chi connectivity index (χ3v) is 8.67. The van der Waals surface area contributed by atoms with E-state index >= 15 is 0 Å². The lowest BCUT2D eigenvalue weighted by atomic mass is 9.58. The van der Waals surface area contributed by atoms with Crippen LogP contribution in [0.3, 0.4) is 0 Å². The van der Waals surface area contributed by atoms with Gasteiger partial charge in [-0.3, -0.25) is 24.2 Å². The van der Waals surface area contributed by atoms with E-state index in [1.165, 1.54) is 7.11 Å². The van der Waals surface area contributed by atoms with Crippen molar-refractivity contribution in [2.75, 3.05) is 27.7 Å². The number of rotatable bonds is 5. The SMILES string of the molecule is CCCN1Cc2c(O)c3c(c(OC)c2C1)C[C@H]1C[C@H]2[C@H](N(C)C)C(O)=C(C(C)=O)C(=O)[C@@]2(O)C(O)=C1C3=O. The van der Waals surface area contributed by atoms with Crippen LogP contribution in [0.1, 0.15) is 53.7 Å². The molecular weight excluding hydrogens is 492 g/mol. The van der Waals surface area contributed by atoms with E-state index in [-0.39, 0.29) is 29.7 Å². The number of aromatic hydroxyl groups is 1. The van der Waals surface area contributed by atoms with Crippen molar-refractivity contribution < 1.29 is 39.5 Å². The number of ketones is 3. The molecule has 0 radical (unpaired) electrons. The molecule has 4 N–H and O–H groups in total. The zero-order valence-corrected chi connectivity index (χ0v) is 22.3. The number of phenolic OH excluding ortho intramolecular Hbond substituents is 1. The minimum absolute atomic E-state index is 0.0106. The predicted octanol–water partition coefficient (Wildman–Crippen LogP) is 1.96. The van der Waals surface area contributed by atoms with E-state index in [1.54, 1.807) is 19.0 Å².